The lowest BCUT2D eigenvalue weighted by Crippen LogP contribution is -1.88. The van der Waals surface area contributed by atoms with Crippen molar-refractivity contribution in [2.75, 3.05) is 0 Å². The average Bonchev–Trinajstić information content (AvgIpc) is 2.49. The van der Waals surface area contributed by atoms with Gasteiger partial charge in [-0.2, -0.15) is 5.26 Å². The Morgan fingerprint density at radius 2 is 1.95 bits per heavy atom. The molecule has 0 spiro atoms. The van der Waals surface area contributed by atoms with Crippen LogP contribution in [0.4, 0.5) is 0 Å². The molecule has 2 aromatic carbocycles. The summed E-state index contributed by atoms with van der Waals surface area (Å²) in [6.07, 6.45) is 1.55. The van der Waals surface area contributed by atoms with E-state index >= 15 is 0 Å². The third-order valence-corrected chi connectivity index (χ3v) is 4.36. The number of nitrogens with zero attached hydrogens (tertiary/aromatic N) is 3. The van der Waals surface area contributed by atoms with E-state index in [1.54, 1.807) is 6.33 Å². The molecule has 1 aromatic heterocycles. The summed E-state index contributed by atoms with van der Waals surface area (Å²) in [5, 5.41) is 11.1. The molecule has 0 bridgehead atoms. The predicted octanol–water partition coefficient (Wildman–Crippen LogP) is 4.42. The Morgan fingerprint density at radius 1 is 1.10 bits per heavy atom. The SMILES string of the molecule is N#Cc1cc(Br)ccc1Sc1ncnc2ccccc12. The smallest absolute Gasteiger partial charge is 0.117 e. The van der Waals surface area contributed by atoms with Crippen LogP contribution in [0.1, 0.15) is 5.56 Å². The van der Waals surface area contributed by atoms with Crippen molar-refractivity contribution >= 4 is 38.6 Å². The van der Waals surface area contributed by atoms with E-state index in [9.17, 15) is 5.26 Å². The molecular formula is C15H8BrN3S. The molecule has 3 nitrogen and oxygen atoms in total. The average molecular weight is 342 g/mol. The molecule has 0 radical (unpaired) electrons. The number of aromatic nitrogens is 2. The Kier molecular flexibility index (Phi) is 3.68. The maximum atomic E-state index is 9.22. The highest BCUT2D eigenvalue weighted by Gasteiger charge is 2.09. The first-order valence-corrected chi connectivity index (χ1v) is 7.46. The number of benzene rings is 2. The summed E-state index contributed by atoms with van der Waals surface area (Å²) in [5.41, 5.74) is 1.53. The van der Waals surface area contributed by atoms with Crippen molar-refractivity contribution in [2.24, 2.45) is 0 Å². The zero-order valence-electron chi connectivity index (χ0n) is 10.2. The molecule has 0 atom stereocenters. The minimum absolute atomic E-state index is 0.632. The predicted molar refractivity (Wildman–Crippen MR) is 82.5 cm³/mol. The molecular weight excluding hydrogens is 334 g/mol. The maximum Gasteiger partial charge on any atom is 0.117 e. The normalized spacial score (nSPS) is 10.4. The first kappa shape index (κ1) is 13.1. The van der Waals surface area contributed by atoms with E-state index in [1.807, 2.05) is 42.5 Å². The fourth-order valence-electron chi connectivity index (χ4n) is 1.84. The van der Waals surface area contributed by atoms with E-state index in [0.717, 1.165) is 25.3 Å². The van der Waals surface area contributed by atoms with Gasteiger partial charge in [0.2, 0.25) is 0 Å². The van der Waals surface area contributed by atoms with Crippen molar-refractivity contribution in [2.45, 2.75) is 9.92 Å². The lowest BCUT2D eigenvalue weighted by molar-refractivity contribution is 1.10. The first-order chi connectivity index (χ1) is 9.78. The van der Waals surface area contributed by atoms with Crippen LogP contribution in [0.15, 0.2) is 63.2 Å². The fourth-order valence-corrected chi connectivity index (χ4v) is 3.15. The molecule has 0 N–H and O–H groups in total. The van der Waals surface area contributed by atoms with Crippen LogP contribution in [0.5, 0.6) is 0 Å². The van der Waals surface area contributed by atoms with Crippen molar-refractivity contribution in [1.82, 2.24) is 9.97 Å². The van der Waals surface area contributed by atoms with Crippen molar-refractivity contribution in [3.63, 3.8) is 0 Å². The van der Waals surface area contributed by atoms with Crippen molar-refractivity contribution in [3.05, 3.63) is 58.8 Å². The number of hydrogen-bond donors (Lipinski definition) is 0. The van der Waals surface area contributed by atoms with Gasteiger partial charge >= 0.3 is 0 Å². The maximum absolute atomic E-state index is 9.22. The zero-order valence-corrected chi connectivity index (χ0v) is 12.6. The van der Waals surface area contributed by atoms with Crippen LogP contribution >= 0.6 is 27.7 Å². The third kappa shape index (κ3) is 2.53. The van der Waals surface area contributed by atoms with Gasteiger partial charge in [0.25, 0.3) is 0 Å². The van der Waals surface area contributed by atoms with E-state index in [-0.39, 0.29) is 0 Å². The standard InChI is InChI=1S/C15H8BrN3S/c16-11-5-6-14(10(7-11)8-17)20-15-12-3-1-2-4-13(12)18-9-19-15/h1-7,9H. The molecule has 0 amide bonds. The van der Waals surface area contributed by atoms with E-state index in [1.165, 1.54) is 11.8 Å². The highest BCUT2D eigenvalue weighted by atomic mass is 79.9. The van der Waals surface area contributed by atoms with Crippen LogP contribution in [0.25, 0.3) is 10.9 Å². The number of fused-ring (bicyclic) bond motifs is 1. The van der Waals surface area contributed by atoms with Crippen LogP contribution in [-0.2, 0) is 0 Å². The van der Waals surface area contributed by atoms with Gasteiger partial charge < -0.3 is 0 Å². The van der Waals surface area contributed by atoms with E-state index < -0.39 is 0 Å². The quantitative estimate of drug-likeness (QED) is 0.647. The number of halogens is 1. The molecule has 0 saturated carbocycles. The van der Waals surface area contributed by atoms with Crippen LogP contribution in [0.2, 0.25) is 0 Å². The molecule has 0 saturated heterocycles. The first-order valence-electron chi connectivity index (χ1n) is 5.85. The monoisotopic (exact) mass is 341 g/mol. The molecule has 20 heavy (non-hydrogen) atoms. The zero-order chi connectivity index (χ0) is 13.9. The lowest BCUT2D eigenvalue weighted by Gasteiger charge is -2.06. The Morgan fingerprint density at radius 3 is 2.80 bits per heavy atom. The number of hydrogen-bond acceptors (Lipinski definition) is 4. The molecule has 0 fully saturated rings. The van der Waals surface area contributed by atoms with Gasteiger partial charge in [0, 0.05) is 14.8 Å². The molecule has 0 aliphatic carbocycles. The summed E-state index contributed by atoms with van der Waals surface area (Å²) in [6.45, 7) is 0. The van der Waals surface area contributed by atoms with Crippen molar-refractivity contribution < 1.29 is 0 Å². The van der Waals surface area contributed by atoms with Crippen LogP contribution < -0.4 is 0 Å². The van der Waals surface area contributed by atoms with Gasteiger partial charge in [0.15, 0.2) is 0 Å². The fraction of sp³-hybridized carbons (Fsp3) is 0. The molecule has 0 unspecified atom stereocenters. The van der Waals surface area contributed by atoms with Gasteiger partial charge in [-0.05, 0) is 24.3 Å². The second-order valence-electron chi connectivity index (χ2n) is 4.05. The summed E-state index contributed by atoms with van der Waals surface area (Å²) in [6, 6.07) is 15.7. The number of rotatable bonds is 2. The molecule has 96 valence electrons. The molecule has 3 rings (SSSR count). The largest absolute Gasteiger partial charge is 0.236 e. The van der Waals surface area contributed by atoms with Crippen molar-refractivity contribution in [3.8, 4) is 6.07 Å². The Hall–Kier alpha value is -1.90. The van der Waals surface area contributed by atoms with Gasteiger partial charge in [-0.1, -0.05) is 45.9 Å². The van der Waals surface area contributed by atoms with Gasteiger partial charge in [-0.15, -0.1) is 0 Å². The van der Waals surface area contributed by atoms with Gasteiger partial charge in [0.05, 0.1) is 11.1 Å². The van der Waals surface area contributed by atoms with E-state index in [0.29, 0.717) is 5.56 Å². The minimum Gasteiger partial charge on any atom is -0.236 e. The third-order valence-electron chi connectivity index (χ3n) is 2.77. The van der Waals surface area contributed by atoms with Crippen LogP contribution in [-0.4, -0.2) is 9.97 Å². The summed E-state index contributed by atoms with van der Waals surface area (Å²) in [5.74, 6) is 0. The Bertz CT molecular complexity index is 821. The van der Waals surface area contributed by atoms with Gasteiger partial charge in [-0.3, -0.25) is 0 Å². The van der Waals surface area contributed by atoms with Gasteiger partial charge in [-0.25, -0.2) is 9.97 Å². The van der Waals surface area contributed by atoms with E-state index in [2.05, 4.69) is 32.0 Å². The molecule has 1 heterocycles. The summed E-state index contributed by atoms with van der Waals surface area (Å²) in [7, 11) is 0. The molecule has 0 aliphatic heterocycles. The summed E-state index contributed by atoms with van der Waals surface area (Å²) in [4.78, 5) is 9.46. The molecule has 3 aromatic rings. The van der Waals surface area contributed by atoms with Gasteiger partial charge in [0.1, 0.15) is 17.4 Å². The lowest BCUT2D eigenvalue weighted by atomic mass is 10.2. The molecule has 5 heteroatoms. The number of para-hydroxylation sites is 1. The number of nitriles is 1. The van der Waals surface area contributed by atoms with Crippen molar-refractivity contribution in [1.29, 1.82) is 5.26 Å². The van der Waals surface area contributed by atoms with Crippen LogP contribution in [0, 0.1) is 11.3 Å². The van der Waals surface area contributed by atoms with E-state index in [4.69, 9.17) is 0 Å². The summed E-state index contributed by atoms with van der Waals surface area (Å²) >= 11 is 4.86. The Labute approximate surface area is 128 Å². The van der Waals surface area contributed by atoms with Crippen LogP contribution in [0.3, 0.4) is 0 Å². The Balaban J connectivity index is 2.08. The minimum atomic E-state index is 0.632. The topological polar surface area (TPSA) is 49.6 Å². The summed E-state index contributed by atoms with van der Waals surface area (Å²) < 4.78 is 0.894. The second kappa shape index (κ2) is 5.61. The highest BCUT2D eigenvalue weighted by molar-refractivity contribution is 9.10. The second-order valence-corrected chi connectivity index (χ2v) is 6.00. The highest BCUT2D eigenvalue weighted by Crippen LogP contribution is 2.33. The molecule has 0 aliphatic rings.